The summed E-state index contributed by atoms with van der Waals surface area (Å²) in [5.74, 6) is -0.432. The van der Waals surface area contributed by atoms with Gasteiger partial charge in [0.15, 0.2) is 0 Å². The Morgan fingerprint density at radius 2 is 1.62 bits per heavy atom. The standard InChI is InChI=1S/C27H25N3O2/c1-19-9-8-12-21(15-19)17-23-26(28-18-25(29-23)22-13-6-3-7-14-22)30-24(27(31)32)16-20-10-4-2-5-11-20/h2-15,18,24H,16-17H2,1H3,(H,28,30)(H,31,32)/t24-/m0/s1. The minimum atomic E-state index is -0.927. The topological polar surface area (TPSA) is 75.1 Å². The summed E-state index contributed by atoms with van der Waals surface area (Å²) >= 11 is 0. The lowest BCUT2D eigenvalue weighted by atomic mass is 10.0. The fourth-order valence-corrected chi connectivity index (χ4v) is 3.65. The fraction of sp³-hybridized carbons (Fsp3) is 0.148. The largest absolute Gasteiger partial charge is 0.480 e. The molecule has 0 fully saturated rings. The lowest BCUT2D eigenvalue weighted by Crippen LogP contribution is -2.32. The molecule has 1 aromatic heterocycles. The molecule has 32 heavy (non-hydrogen) atoms. The molecule has 5 nitrogen and oxygen atoms in total. The number of rotatable bonds is 8. The Balaban J connectivity index is 1.68. The second-order valence-electron chi connectivity index (χ2n) is 7.81. The third kappa shape index (κ3) is 5.38. The Labute approximate surface area is 187 Å². The molecule has 0 aliphatic heterocycles. The zero-order chi connectivity index (χ0) is 22.3. The van der Waals surface area contributed by atoms with Gasteiger partial charge in [0.2, 0.25) is 0 Å². The molecule has 1 atom stereocenters. The number of nitrogens with one attached hydrogen (secondary N) is 1. The second-order valence-corrected chi connectivity index (χ2v) is 7.81. The lowest BCUT2D eigenvalue weighted by Gasteiger charge is -2.18. The van der Waals surface area contributed by atoms with Gasteiger partial charge in [-0.15, -0.1) is 0 Å². The van der Waals surface area contributed by atoms with Crippen molar-refractivity contribution >= 4 is 11.8 Å². The van der Waals surface area contributed by atoms with Crippen molar-refractivity contribution in [3.8, 4) is 11.3 Å². The van der Waals surface area contributed by atoms with Crippen LogP contribution in [-0.4, -0.2) is 27.1 Å². The monoisotopic (exact) mass is 423 g/mol. The molecular formula is C27H25N3O2. The maximum atomic E-state index is 12.0. The molecule has 0 saturated carbocycles. The average molecular weight is 424 g/mol. The van der Waals surface area contributed by atoms with Gasteiger partial charge < -0.3 is 10.4 Å². The van der Waals surface area contributed by atoms with E-state index in [1.54, 1.807) is 6.20 Å². The molecule has 0 aliphatic rings. The van der Waals surface area contributed by atoms with Crippen LogP contribution < -0.4 is 5.32 Å². The number of aromatic nitrogens is 2. The van der Waals surface area contributed by atoms with Crippen LogP contribution in [0, 0.1) is 6.92 Å². The van der Waals surface area contributed by atoms with Crippen LogP contribution >= 0.6 is 0 Å². The van der Waals surface area contributed by atoms with Gasteiger partial charge in [0.25, 0.3) is 0 Å². The summed E-state index contributed by atoms with van der Waals surface area (Å²) in [6.45, 7) is 2.05. The van der Waals surface area contributed by atoms with Gasteiger partial charge in [-0.1, -0.05) is 90.5 Å². The SMILES string of the molecule is Cc1cccc(Cc2nc(-c3ccccc3)cnc2N[C@@H](Cc2ccccc2)C(=O)O)c1. The van der Waals surface area contributed by atoms with E-state index in [1.807, 2.05) is 72.8 Å². The van der Waals surface area contributed by atoms with E-state index in [4.69, 9.17) is 4.98 Å². The summed E-state index contributed by atoms with van der Waals surface area (Å²) in [7, 11) is 0. The summed E-state index contributed by atoms with van der Waals surface area (Å²) in [5, 5.41) is 13.0. The second kappa shape index (κ2) is 9.88. The van der Waals surface area contributed by atoms with Crippen molar-refractivity contribution in [3.63, 3.8) is 0 Å². The van der Waals surface area contributed by atoms with Crippen molar-refractivity contribution in [2.75, 3.05) is 5.32 Å². The molecule has 0 unspecified atom stereocenters. The van der Waals surface area contributed by atoms with Gasteiger partial charge in [-0.05, 0) is 18.1 Å². The Bertz CT molecular complexity index is 1190. The first kappa shape index (κ1) is 21.2. The number of nitrogens with zero attached hydrogens (tertiary/aromatic N) is 2. The number of aryl methyl sites for hydroxylation is 1. The Morgan fingerprint density at radius 1 is 0.938 bits per heavy atom. The van der Waals surface area contributed by atoms with Crippen molar-refractivity contribution in [3.05, 3.63) is 114 Å². The number of benzene rings is 3. The van der Waals surface area contributed by atoms with E-state index >= 15 is 0 Å². The highest BCUT2D eigenvalue weighted by molar-refractivity contribution is 5.77. The van der Waals surface area contributed by atoms with E-state index < -0.39 is 12.0 Å². The molecule has 4 aromatic rings. The van der Waals surface area contributed by atoms with Gasteiger partial charge in [-0.3, -0.25) is 0 Å². The molecule has 0 amide bonds. The van der Waals surface area contributed by atoms with Gasteiger partial charge in [0, 0.05) is 18.4 Å². The minimum Gasteiger partial charge on any atom is -0.480 e. The summed E-state index contributed by atoms with van der Waals surface area (Å²) in [4.78, 5) is 21.5. The quantitative estimate of drug-likeness (QED) is 0.410. The van der Waals surface area contributed by atoms with Crippen molar-refractivity contribution in [2.24, 2.45) is 0 Å². The summed E-state index contributed by atoms with van der Waals surface area (Å²) in [5.41, 5.74) is 5.65. The van der Waals surface area contributed by atoms with Crippen LogP contribution in [0.2, 0.25) is 0 Å². The van der Waals surface area contributed by atoms with Gasteiger partial charge in [-0.25, -0.2) is 14.8 Å². The normalized spacial score (nSPS) is 11.7. The average Bonchev–Trinajstić information content (AvgIpc) is 2.81. The number of hydrogen-bond donors (Lipinski definition) is 2. The first-order valence-electron chi connectivity index (χ1n) is 10.6. The van der Waals surface area contributed by atoms with E-state index in [1.165, 1.54) is 0 Å². The minimum absolute atomic E-state index is 0.349. The van der Waals surface area contributed by atoms with E-state index in [-0.39, 0.29) is 0 Å². The third-order valence-corrected chi connectivity index (χ3v) is 5.26. The third-order valence-electron chi connectivity index (χ3n) is 5.26. The van der Waals surface area contributed by atoms with E-state index in [0.29, 0.717) is 18.7 Å². The Hall–Kier alpha value is -3.99. The smallest absolute Gasteiger partial charge is 0.326 e. The molecule has 0 bridgehead atoms. The summed E-state index contributed by atoms with van der Waals surface area (Å²) < 4.78 is 0. The van der Waals surface area contributed by atoms with Crippen molar-refractivity contribution in [2.45, 2.75) is 25.8 Å². The molecule has 1 heterocycles. The van der Waals surface area contributed by atoms with Crippen molar-refractivity contribution in [1.82, 2.24) is 9.97 Å². The predicted octanol–water partition coefficient (Wildman–Crippen LogP) is 5.15. The number of carbonyl (C=O) groups is 1. The lowest BCUT2D eigenvalue weighted by molar-refractivity contribution is -0.137. The van der Waals surface area contributed by atoms with Gasteiger partial charge in [0.05, 0.1) is 17.6 Å². The number of carboxylic acid groups (broad SMARTS) is 1. The molecule has 5 heteroatoms. The van der Waals surface area contributed by atoms with Crippen LogP contribution in [0.5, 0.6) is 0 Å². The van der Waals surface area contributed by atoms with Gasteiger partial charge >= 0.3 is 5.97 Å². The first-order chi connectivity index (χ1) is 15.6. The van der Waals surface area contributed by atoms with Crippen LogP contribution in [0.4, 0.5) is 5.82 Å². The molecule has 0 aliphatic carbocycles. The van der Waals surface area contributed by atoms with E-state index in [2.05, 4.69) is 29.4 Å². The van der Waals surface area contributed by atoms with Crippen molar-refractivity contribution in [1.29, 1.82) is 0 Å². The first-order valence-corrected chi connectivity index (χ1v) is 10.6. The molecule has 160 valence electrons. The van der Waals surface area contributed by atoms with Crippen LogP contribution in [-0.2, 0) is 17.6 Å². The summed E-state index contributed by atoms with van der Waals surface area (Å²) in [6, 6.07) is 26.9. The maximum absolute atomic E-state index is 12.0. The molecule has 4 rings (SSSR count). The summed E-state index contributed by atoms with van der Waals surface area (Å²) in [6.07, 6.45) is 2.59. The molecule has 0 radical (unpaired) electrons. The Kier molecular flexibility index (Phi) is 6.56. The molecule has 0 spiro atoms. The van der Waals surface area contributed by atoms with Crippen LogP contribution in [0.1, 0.15) is 22.4 Å². The zero-order valence-corrected chi connectivity index (χ0v) is 17.9. The van der Waals surface area contributed by atoms with Gasteiger partial charge in [-0.2, -0.15) is 0 Å². The van der Waals surface area contributed by atoms with Crippen molar-refractivity contribution < 1.29 is 9.90 Å². The Morgan fingerprint density at radius 3 is 2.31 bits per heavy atom. The highest BCUT2D eigenvalue weighted by Crippen LogP contribution is 2.23. The van der Waals surface area contributed by atoms with Crippen LogP contribution in [0.25, 0.3) is 11.3 Å². The highest BCUT2D eigenvalue weighted by Gasteiger charge is 2.21. The number of aliphatic carboxylic acids is 1. The fourth-order valence-electron chi connectivity index (χ4n) is 3.65. The number of hydrogen-bond acceptors (Lipinski definition) is 4. The molecule has 2 N–H and O–H groups in total. The molecule has 3 aromatic carbocycles. The maximum Gasteiger partial charge on any atom is 0.326 e. The molecule has 0 saturated heterocycles. The molecular weight excluding hydrogens is 398 g/mol. The zero-order valence-electron chi connectivity index (χ0n) is 17.9. The predicted molar refractivity (Wildman–Crippen MR) is 127 cm³/mol. The van der Waals surface area contributed by atoms with Gasteiger partial charge in [0.1, 0.15) is 11.9 Å². The highest BCUT2D eigenvalue weighted by atomic mass is 16.4. The van der Waals surface area contributed by atoms with E-state index in [9.17, 15) is 9.90 Å². The number of carboxylic acids is 1. The van der Waals surface area contributed by atoms with E-state index in [0.717, 1.165) is 33.6 Å². The van der Waals surface area contributed by atoms with Crippen LogP contribution in [0.15, 0.2) is 91.1 Å². The number of anilines is 1. The van der Waals surface area contributed by atoms with Crippen LogP contribution in [0.3, 0.4) is 0 Å².